The molecule has 3 saturated heterocycles. The SMILES string of the molecule is CNC1CC2CC1C1C2C2C3C1N23. The minimum absolute atomic E-state index is 0.881. The van der Waals surface area contributed by atoms with Crippen molar-refractivity contribution < 1.29 is 0 Å². The second-order valence-corrected chi connectivity index (χ2v) is 5.86. The van der Waals surface area contributed by atoms with Crippen LogP contribution in [0.25, 0.3) is 0 Å². The fourth-order valence-electron chi connectivity index (χ4n) is 5.50. The van der Waals surface area contributed by atoms with E-state index in [-0.39, 0.29) is 0 Å². The Labute approximate surface area is 78.7 Å². The summed E-state index contributed by atoms with van der Waals surface area (Å²) in [5.74, 6) is 4.46. The highest BCUT2D eigenvalue weighted by molar-refractivity contribution is 5.41. The minimum atomic E-state index is 0.881. The van der Waals surface area contributed by atoms with Crippen molar-refractivity contribution in [1.29, 1.82) is 0 Å². The predicted octanol–water partition coefficient (Wildman–Crippen LogP) is 0.295. The molecule has 2 heteroatoms. The van der Waals surface area contributed by atoms with Crippen LogP contribution in [0.15, 0.2) is 0 Å². The van der Waals surface area contributed by atoms with Crippen molar-refractivity contribution in [1.82, 2.24) is 10.2 Å². The van der Waals surface area contributed by atoms with E-state index < -0.39 is 0 Å². The van der Waals surface area contributed by atoms with Gasteiger partial charge in [-0.05, 0) is 43.6 Å². The lowest BCUT2D eigenvalue weighted by Gasteiger charge is -2.30. The number of rotatable bonds is 1. The normalized spacial score (nSPS) is 79.6. The quantitative estimate of drug-likeness (QED) is 0.578. The molecule has 6 fully saturated rings. The molecular formula is C11H16N2. The Morgan fingerprint density at radius 1 is 1.08 bits per heavy atom. The summed E-state index contributed by atoms with van der Waals surface area (Å²) < 4.78 is 0. The highest BCUT2D eigenvalue weighted by Crippen LogP contribution is 2.76. The fraction of sp³-hybridized carbons (Fsp3) is 1.00. The first-order chi connectivity index (χ1) is 6.42. The summed E-state index contributed by atoms with van der Waals surface area (Å²) in [5.41, 5.74) is 0. The Morgan fingerprint density at radius 2 is 1.85 bits per heavy atom. The molecular weight excluding hydrogens is 160 g/mol. The van der Waals surface area contributed by atoms with Crippen LogP contribution in [-0.2, 0) is 0 Å². The van der Waals surface area contributed by atoms with E-state index in [1.165, 1.54) is 6.42 Å². The van der Waals surface area contributed by atoms with Gasteiger partial charge in [0.25, 0.3) is 0 Å². The third-order valence-corrected chi connectivity index (χ3v) is 5.84. The Balaban J connectivity index is 1.59. The van der Waals surface area contributed by atoms with Gasteiger partial charge in [-0.25, -0.2) is 0 Å². The standard InChI is InChI=1S/C11H16N2/c1-12-6-3-4-2-5(6)8-7(4)9-11-10(8)13(9)11/h4-12H,2-3H2,1H3. The van der Waals surface area contributed by atoms with Crippen LogP contribution < -0.4 is 5.32 Å². The molecule has 1 N–H and O–H groups in total. The van der Waals surface area contributed by atoms with Crippen LogP contribution in [0.2, 0.25) is 0 Å². The summed E-state index contributed by atoms with van der Waals surface area (Å²) in [6.45, 7) is 0. The molecule has 0 radical (unpaired) electrons. The number of hydrogen-bond acceptors (Lipinski definition) is 2. The molecule has 2 nitrogen and oxygen atoms in total. The van der Waals surface area contributed by atoms with E-state index in [4.69, 9.17) is 0 Å². The van der Waals surface area contributed by atoms with Crippen LogP contribution in [0, 0.1) is 23.7 Å². The van der Waals surface area contributed by atoms with Crippen molar-refractivity contribution in [2.45, 2.75) is 37.0 Å². The molecule has 3 aliphatic heterocycles. The van der Waals surface area contributed by atoms with Crippen molar-refractivity contribution in [3.05, 3.63) is 0 Å². The minimum Gasteiger partial charge on any atom is -0.317 e. The molecule has 0 aromatic rings. The van der Waals surface area contributed by atoms with Gasteiger partial charge < -0.3 is 5.32 Å². The molecule has 13 heavy (non-hydrogen) atoms. The van der Waals surface area contributed by atoms with Crippen LogP contribution in [0.3, 0.4) is 0 Å². The Bertz CT molecular complexity index is 290. The van der Waals surface area contributed by atoms with Gasteiger partial charge in [-0.1, -0.05) is 0 Å². The van der Waals surface area contributed by atoms with Crippen LogP contribution in [0.5, 0.6) is 0 Å². The Morgan fingerprint density at radius 3 is 2.62 bits per heavy atom. The van der Waals surface area contributed by atoms with Gasteiger partial charge in [-0.2, -0.15) is 0 Å². The van der Waals surface area contributed by atoms with Crippen molar-refractivity contribution in [3.8, 4) is 0 Å². The van der Waals surface area contributed by atoms with Gasteiger partial charge in [0.2, 0.25) is 0 Å². The predicted molar refractivity (Wildman–Crippen MR) is 49.2 cm³/mol. The van der Waals surface area contributed by atoms with Crippen molar-refractivity contribution in [3.63, 3.8) is 0 Å². The van der Waals surface area contributed by atoms with E-state index in [2.05, 4.69) is 17.3 Å². The van der Waals surface area contributed by atoms with Crippen molar-refractivity contribution in [2.24, 2.45) is 23.7 Å². The maximum atomic E-state index is 3.54. The zero-order valence-corrected chi connectivity index (χ0v) is 7.98. The summed E-state index contributed by atoms with van der Waals surface area (Å²) in [7, 11) is 2.16. The molecule has 0 aromatic carbocycles. The summed E-state index contributed by atoms with van der Waals surface area (Å²) in [4.78, 5) is 2.78. The third kappa shape index (κ3) is 0.471. The molecule has 3 heterocycles. The first-order valence-corrected chi connectivity index (χ1v) is 5.86. The molecule has 3 aliphatic carbocycles. The molecule has 70 valence electrons. The van der Waals surface area contributed by atoms with E-state index >= 15 is 0 Å². The van der Waals surface area contributed by atoms with Gasteiger partial charge in [0.15, 0.2) is 0 Å². The van der Waals surface area contributed by atoms with Crippen LogP contribution in [-0.4, -0.2) is 36.1 Å². The maximum Gasteiger partial charge on any atom is 0.0420 e. The molecule has 6 rings (SSSR count). The highest BCUT2D eigenvalue weighted by Gasteiger charge is 2.86. The fourth-order valence-corrected chi connectivity index (χ4v) is 5.50. The zero-order chi connectivity index (χ0) is 8.32. The van der Waals surface area contributed by atoms with E-state index in [0.717, 1.165) is 47.8 Å². The summed E-state index contributed by atoms with van der Waals surface area (Å²) >= 11 is 0. The lowest BCUT2D eigenvalue weighted by molar-refractivity contribution is 0.231. The number of nitrogens with one attached hydrogen (secondary N) is 1. The van der Waals surface area contributed by atoms with Gasteiger partial charge in [-0.3, -0.25) is 4.90 Å². The third-order valence-electron chi connectivity index (χ3n) is 5.84. The number of piperidine rings is 1. The molecule has 4 bridgehead atoms. The van der Waals surface area contributed by atoms with E-state index in [1.54, 1.807) is 6.42 Å². The lowest BCUT2D eigenvalue weighted by atomic mass is 9.79. The Kier molecular flexibility index (Phi) is 0.783. The number of hydrogen-bond donors (Lipinski definition) is 1. The van der Waals surface area contributed by atoms with Crippen LogP contribution in [0.4, 0.5) is 0 Å². The molecule has 6 aliphatic rings. The maximum absolute atomic E-state index is 3.54. The topological polar surface area (TPSA) is 15.0 Å². The smallest absolute Gasteiger partial charge is 0.0420 e. The largest absolute Gasteiger partial charge is 0.317 e. The summed E-state index contributed by atoms with van der Waals surface area (Å²) in [5, 5.41) is 3.54. The molecule has 0 amide bonds. The number of fused-ring (bicyclic) bond motifs is 2. The average molecular weight is 176 g/mol. The molecule has 9 unspecified atom stereocenters. The highest BCUT2D eigenvalue weighted by atomic mass is 15.6. The van der Waals surface area contributed by atoms with Gasteiger partial charge in [0.05, 0.1) is 0 Å². The molecule has 3 saturated carbocycles. The second-order valence-electron chi connectivity index (χ2n) is 5.86. The van der Waals surface area contributed by atoms with Crippen molar-refractivity contribution in [2.75, 3.05) is 7.05 Å². The number of nitrogens with zero attached hydrogens (tertiary/aromatic N) is 1. The van der Waals surface area contributed by atoms with Gasteiger partial charge in [-0.15, -0.1) is 0 Å². The van der Waals surface area contributed by atoms with Gasteiger partial charge >= 0.3 is 0 Å². The van der Waals surface area contributed by atoms with Gasteiger partial charge in [0.1, 0.15) is 0 Å². The monoisotopic (exact) mass is 176 g/mol. The zero-order valence-electron chi connectivity index (χ0n) is 7.98. The van der Waals surface area contributed by atoms with E-state index in [0.29, 0.717) is 0 Å². The average Bonchev–Trinajstić information content (AvgIpc) is 2.79. The van der Waals surface area contributed by atoms with E-state index in [9.17, 15) is 0 Å². The molecule has 9 atom stereocenters. The molecule has 0 aromatic heterocycles. The summed E-state index contributed by atoms with van der Waals surface area (Å²) in [6, 6.07) is 4.17. The first-order valence-electron chi connectivity index (χ1n) is 5.86. The van der Waals surface area contributed by atoms with Crippen LogP contribution in [0.1, 0.15) is 12.8 Å². The summed E-state index contributed by atoms with van der Waals surface area (Å²) in [6.07, 6.45) is 3.06. The lowest BCUT2D eigenvalue weighted by Crippen LogP contribution is -2.38. The van der Waals surface area contributed by atoms with E-state index in [1.807, 2.05) is 0 Å². The Hall–Kier alpha value is -0.0800. The van der Waals surface area contributed by atoms with Gasteiger partial charge in [0, 0.05) is 24.2 Å². The molecule has 0 spiro atoms. The first kappa shape index (κ1) is 6.41. The van der Waals surface area contributed by atoms with Crippen molar-refractivity contribution >= 4 is 0 Å². The second kappa shape index (κ2) is 1.59. The van der Waals surface area contributed by atoms with Crippen LogP contribution >= 0.6 is 0 Å².